The molecular weight excluding hydrogens is 676 g/mol. The lowest BCUT2D eigenvalue weighted by Gasteiger charge is -2.45. The van der Waals surface area contributed by atoms with Gasteiger partial charge >= 0.3 is 5.97 Å². The predicted molar refractivity (Wildman–Crippen MR) is 172 cm³/mol. The van der Waals surface area contributed by atoms with Gasteiger partial charge in [-0.15, -0.1) is 6.58 Å². The minimum atomic E-state index is -1.81. The normalized spacial score (nSPS) is 38.5. The number of aromatic nitrogens is 1. The molecule has 8 N–H and O–H groups in total. The van der Waals surface area contributed by atoms with E-state index in [0.717, 1.165) is 22.2 Å². The summed E-state index contributed by atoms with van der Waals surface area (Å²) in [6.45, 7) is 2.69. The highest BCUT2D eigenvalue weighted by Gasteiger charge is 2.50. The van der Waals surface area contributed by atoms with Crippen molar-refractivity contribution in [2.75, 3.05) is 27.4 Å². The first-order valence-electron chi connectivity index (χ1n) is 16.6. The van der Waals surface area contributed by atoms with Crippen LogP contribution in [-0.2, 0) is 44.4 Å². The Balaban J connectivity index is 1.22. The number of aromatic amines is 1. The molecule has 14 atom stereocenters. The van der Waals surface area contributed by atoms with Crippen molar-refractivity contribution in [2.45, 2.75) is 86.6 Å². The van der Waals surface area contributed by atoms with E-state index in [2.05, 4.69) is 11.6 Å². The second kappa shape index (κ2) is 15.3. The molecule has 0 unspecified atom stereocenters. The number of H-pyrrole nitrogens is 1. The molecule has 280 valence electrons. The summed E-state index contributed by atoms with van der Waals surface area (Å²) in [7, 11) is 2.91. The highest BCUT2D eigenvalue weighted by atomic mass is 16.8. The Morgan fingerprint density at radius 3 is 2.33 bits per heavy atom. The maximum absolute atomic E-state index is 13.2. The molecule has 0 saturated carbocycles. The first kappa shape index (κ1) is 37.3. The number of fused-ring (bicyclic) bond motifs is 3. The van der Waals surface area contributed by atoms with Gasteiger partial charge in [0.1, 0.15) is 48.8 Å². The topological polar surface area (TPSA) is 250 Å². The largest absolute Gasteiger partial charge is 0.471 e. The lowest BCUT2D eigenvalue weighted by molar-refractivity contribution is -0.352. The zero-order valence-corrected chi connectivity index (χ0v) is 27.9. The number of ether oxygens (including phenoxy) is 6. The monoisotopic (exact) mass is 720 g/mol. The van der Waals surface area contributed by atoms with Crippen molar-refractivity contribution in [3.63, 3.8) is 0 Å². The summed E-state index contributed by atoms with van der Waals surface area (Å²) in [5, 5.41) is 73.2. The Morgan fingerprint density at radius 1 is 0.980 bits per heavy atom. The fraction of sp³-hybridized carbons (Fsp3) is 0.588. The standard InChI is InChI=1S/C34H44N2O15/c1-4-14-16(9-20-24-17(10-23(38)36(20)2)15-7-5-6-8-19(15)35-24)18(31(45)46-3)12-47-32(14)51-34-30(44)28(42)26(40)22(50-34)13-48-33-29(43)27(41)25(39)21(11-37)49-33/h4-8,12,14,16,20-22,25-30,32-35,37,39-44H,1,9-11,13H2,2-3H3/t14-,16+,20+,21-,22-,25-,26-,27+,28+,29-,30-,32+,33+,34+/m1/s1. The molecule has 5 heterocycles. The number of likely N-dealkylation sites (N-methyl/N-ethyl adjacent to an activating group) is 1. The molecule has 6 rings (SSSR count). The summed E-state index contributed by atoms with van der Waals surface area (Å²) in [6.07, 6.45) is -14.4. The lowest BCUT2D eigenvalue weighted by Crippen LogP contribution is -2.62. The number of carbonyl (C=O) groups is 2. The van der Waals surface area contributed by atoms with Gasteiger partial charge in [-0.2, -0.15) is 0 Å². The number of hydrogen-bond donors (Lipinski definition) is 8. The fourth-order valence-electron chi connectivity index (χ4n) is 7.26. The van der Waals surface area contributed by atoms with Gasteiger partial charge in [0.05, 0.1) is 44.6 Å². The molecule has 0 spiro atoms. The first-order valence-corrected chi connectivity index (χ1v) is 16.6. The summed E-state index contributed by atoms with van der Waals surface area (Å²) in [5.74, 6) is -2.29. The van der Waals surface area contributed by atoms with Gasteiger partial charge in [0, 0.05) is 35.5 Å². The molecule has 1 amide bonds. The van der Waals surface area contributed by atoms with Crippen LogP contribution in [0.5, 0.6) is 0 Å². The van der Waals surface area contributed by atoms with Crippen LogP contribution < -0.4 is 0 Å². The maximum atomic E-state index is 13.2. The lowest BCUT2D eigenvalue weighted by atomic mass is 9.77. The van der Waals surface area contributed by atoms with E-state index in [-0.39, 0.29) is 24.3 Å². The molecule has 51 heavy (non-hydrogen) atoms. The van der Waals surface area contributed by atoms with Crippen LogP contribution in [-0.4, -0.2) is 153 Å². The number of carbonyl (C=O) groups excluding carboxylic acids is 2. The van der Waals surface area contributed by atoms with E-state index < -0.39 is 105 Å². The Morgan fingerprint density at radius 2 is 1.65 bits per heavy atom. The zero-order valence-electron chi connectivity index (χ0n) is 27.9. The van der Waals surface area contributed by atoms with Gasteiger partial charge in [-0.1, -0.05) is 24.3 Å². The van der Waals surface area contributed by atoms with Crippen LogP contribution in [0.2, 0.25) is 0 Å². The molecular formula is C34H44N2O15. The number of amides is 1. The van der Waals surface area contributed by atoms with Gasteiger partial charge in [0.25, 0.3) is 0 Å². The van der Waals surface area contributed by atoms with Gasteiger partial charge in [0.2, 0.25) is 12.2 Å². The second-order valence-corrected chi connectivity index (χ2v) is 13.2. The van der Waals surface area contributed by atoms with E-state index in [9.17, 15) is 45.3 Å². The van der Waals surface area contributed by atoms with E-state index in [1.165, 1.54) is 19.4 Å². The molecule has 17 heteroatoms. The number of aliphatic hydroxyl groups excluding tert-OH is 7. The van der Waals surface area contributed by atoms with Crippen molar-refractivity contribution in [1.82, 2.24) is 9.88 Å². The molecule has 1 aromatic heterocycles. The van der Waals surface area contributed by atoms with Gasteiger partial charge in [-0.05, 0) is 18.1 Å². The second-order valence-electron chi connectivity index (χ2n) is 13.2. The van der Waals surface area contributed by atoms with E-state index in [4.69, 9.17) is 28.4 Å². The van der Waals surface area contributed by atoms with E-state index in [0.29, 0.717) is 0 Å². The number of hydrogen-bond acceptors (Lipinski definition) is 15. The number of para-hydroxylation sites is 1. The Bertz CT molecular complexity index is 1610. The molecule has 2 aromatic rings. The van der Waals surface area contributed by atoms with Gasteiger partial charge in [-0.25, -0.2) is 4.79 Å². The average molecular weight is 721 g/mol. The number of methoxy groups -OCH3 is 1. The minimum Gasteiger partial charge on any atom is -0.471 e. The Labute approximate surface area is 292 Å². The van der Waals surface area contributed by atoms with Crippen LogP contribution in [0.4, 0.5) is 0 Å². The van der Waals surface area contributed by atoms with Crippen molar-refractivity contribution in [3.05, 3.63) is 60.0 Å². The summed E-state index contributed by atoms with van der Waals surface area (Å²) < 4.78 is 33.6. The highest BCUT2D eigenvalue weighted by Crippen LogP contribution is 2.44. The van der Waals surface area contributed by atoms with Crippen molar-refractivity contribution in [1.29, 1.82) is 0 Å². The van der Waals surface area contributed by atoms with Crippen LogP contribution >= 0.6 is 0 Å². The predicted octanol–water partition coefficient (Wildman–Crippen LogP) is -1.91. The number of nitrogens with zero attached hydrogens (tertiary/aromatic N) is 1. The molecule has 1 aromatic carbocycles. The van der Waals surface area contributed by atoms with Crippen molar-refractivity contribution < 1.29 is 73.8 Å². The average Bonchev–Trinajstić information content (AvgIpc) is 3.50. The summed E-state index contributed by atoms with van der Waals surface area (Å²) in [5.41, 5.74) is 2.69. The molecule has 2 fully saturated rings. The number of esters is 1. The number of aliphatic hydroxyl groups is 7. The smallest absolute Gasteiger partial charge is 0.337 e. The number of benzene rings is 1. The maximum Gasteiger partial charge on any atom is 0.337 e. The molecule has 17 nitrogen and oxygen atoms in total. The highest BCUT2D eigenvalue weighted by molar-refractivity contribution is 5.92. The van der Waals surface area contributed by atoms with Crippen LogP contribution in [0.1, 0.15) is 23.7 Å². The molecule has 4 aliphatic heterocycles. The Kier molecular flexibility index (Phi) is 11.2. The van der Waals surface area contributed by atoms with E-state index >= 15 is 0 Å². The van der Waals surface area contributed by atoms with Crippen molar-refractivity contribution >= 4 is 22.8 Å². The summed E-state index contributed by atoms with van der Waals surface area (Å²) >= 11 is 0. The van der Waals surface area contributed by atoms with Crippen LogP contribution in [0.3, 0.4) is 0 Å². The molecule has 4 aliphatic rings. The Hall–Kier alpha value is -3.46. The summed E-state index contributed by atoms with van der Waals surface area (Å²) in [4.78, 5) is 31.3. The van der Waals surface area contributed by atoms with Crippen LogP contribution in [0.25, 0.3) is 10.9 Å². The minimum absolute atomic E-state index is 0.112. The number of rotatable bonds is 10. The summed E-state index contributed by atoms with van der Waals surface area (Å²) in [6, 6.07) is 7.13. The van der Waals surface area contributed by atoms with E-state index in [1.807, 2.05) is 24.3 Å². The van der Waals surface area contributed by atoms with E-state index in [1.54, 1.807) is 11.9 Å². The molecule has 0 aliphatic carbocycles. The van der Waals surface area contributed by atoms with Gasteiger partial charge in [0.15, 0.2) is 12.6 Å². The van der Waals surface area contributed by atoms with Gasteiger partial charge < -0.3 is 74.1 Å². The van der Waals surface area contributed by atoms with Crippen molar-refractivity contribution in [2.24, 2.45) is 11.8 Å². The third-order valence-corrected chi connectivity index (χ3v) is 10.3. The van der Waals surface area contributed by atoms with Gasteiger partial charge in [-0.3, -0.25) is 4.79 Å². The van der Waals surface area contributed by atoms with Crippen molar-refractivity contribution in [3.8, 4) is 0 Å². The van der Waals surface area contributed by atoms with Crippen LogP contribution in [0, 0.1) is 11.8 Å². The number of nitrogens with one attached hydrogen (secondary N) is 1. The SMILES string of the molecule is C=C[C@H]1[C@H](O[C@@H]2O[C@H](CO[C@H]3O[C@H](CO)[C@@H](O)[C@H](O)[C@H]3O)[C@@H](O)[C@H](O)[C@H]2O)OC=C(C(=O)OC)[C@H]1C[C@H]1c2[nH]c3ccccc3c2CC(=O)N1C. The molecule has 0 radical (unpaired) electrons. The van der Waals surface area contributed by atoms with Crippen LogP contribution in [0.15, 0.2) is 48.8 Å². The first-order chi connectivity index (χ1) is 24.4. The quantitative estimate of drug-likeness (QED) is 0.0985. The molecule has 2 saturated heterocycles. The molecule has 0 bridgehead atoms. The third kappa shape index (κ3) is 6.92. The third-order valence-electron chi connectivity index (χ3n) is 10.3. The fourth-order valence-corrected chi connectivity index (χ4v) is 7.26. The zero-order chi connectivity index (χ0) is 36.7.